The lowest BCUT2D eigenvalue weighted by atomic mass is 10.0. The standard InChI is InChI=1S/C27H25Cl2N3O4/c1-34-23-11-10-18(14-21(23)19-6-5-7-20(28)15-19)17-32-27(33)26(29)22(16-31-32)30-12-13-36-25-9-4-3-8-24(25)35-2/h3-11,14-16,30H,12-13,17H2,1-2H3. The Hall–Kier alpha value is -3.68. The molecule has 0 atom stereocenters. The van der Waals surface area contributed by atoms with Crippen molar-refractivity contribution in [3.63, 3.8) is 0 Å². The number of methoxy groups -OCH3 is 2. The van der Waals surface area contributed by atoms with Gasteiger partial charge in [-0.05, 0) is 47.5 Å². The van der Waals surface area contributed by atoms with Gasteiger partial charge >= 0.3 is 0 Å². The van der Waals surface area contributed by atoms with Crippen molar-refractivity contribution in [3.05, 3.63) is 98.9 Å². The zero-order chi connectivity index (χ0) is 25.5. The van der Waals surface area contributed by atoms with Crippen LogP contribution in [0.5, 0.6) is 17.2 Å². The number of benzene rings is 3. The second-order valence-corrected chi connectivity index (χ2v) is 8.62. The van der Waals surface area contributed by atoms with Gasteiger partial charge in [-0.25, -0.2) is 4.68 Å². The van der Waals surface area contributed by atoms with Crippen LogP contribution in [0.25, 0.3) is 11.1 Å². The number of nitrogens with zero attached hydrogens (tertiary/aromatic N) is 2. The second-order valence-electron chi connectivity index (χ2n) is 7.81. The minimum absolute atomic E-state index is 0.0610. The Morgan fingerprint density at radius 2 is 1.69 bits per heavy atom. The molecule has 1 heterocycles. The molecule has 1 aromatic heterocycles. The summed E-state index contributed by atoms with van der Waals surface area (Å²) in [5.41, 5.74) is 2.69. The summed E-state index contributed by atoms with van der Waals surface area (Å²) in [4.78, 5) is 12.9. The maximum atomic E-state index is 12.9. The van der Waals surface area contributed by atoms with Crippen LogP contribution < -0.4 is 25.1 Å². The molecule has 0 fully saturated rings. The summed E-state index contributed by atoms with van der Waals surface area (Å²) >= 11 is 12.5. The van der Waals surface area contributed by atoms with Crippen LogP contribution in [0.1, 0.15) is 5.56 Å². The summed E-state index contributed by atoms with van der Waals surface area (Å²) in [6.45, 7) is 1.01. The van der Waals surface area contributed by atoms with Crippen molar-refractivity contribution in [1.82, 2.24) is 9.78 Å². The van der Waals surface area contributed by atoms with Crippen molar-refractivity contribution in [3.8, 4) is 28.4 Å². The maximum Gasteiger partial charge on any atom is 0.287 e. The van der Waals surface area contributed by atoms with Crippen LogP contribution >= 0.6 is 23.2 Å². The van der Waals surface area contributed by atoms with Gasteiger partial charge in [-0.15, -0.1) is 0 Å². The number of halogens is 2. The van der Waals surface area contributed by atoms with E-state index in [1.54, 1.807) is 14.2 Å². The van der Waals surface area contributed by atoms with Gasteiger partial charge in [0, 0.05) is 17.1 Å². The molecule has 0 radical (unpaired) electrons. The summed E-state index contributed by atoms with van der Waals surface area (Å²) in [5, 5.41) is 8.09. The Morgan fingerprint density at radius 3 is 2.44 bits per heavy atom. The fourth-order valence-electron chi connectivity index (χ4n) is 3.69. The minimum atomic E-state index is -0.396. The van der Waals surface area contributed by atoms with Crippen molar-refractivity contribution < 1.29 is 14.2 Å². The minimum Gasteiger partial charge on any atom is -0.496 e. The summed E-state index contributed by atoms with van der Waals surface area (Å²) in [5.74, 6) is 1.99. The Labute approximate surface area is 219 Å². The van der Waals surface area contributed by atoms with Gasteiger partial charge < -0.3 is 19.5 Å². The highest BCUT2D eigenvalue weighted by Crippen LogP contribution is 2.32. The van der Waals surface area contributed by atoms with E-state index >= 15 is 0 Å². The summed E-state index contributed by atoms with van der Waals surface area (Å²) in [7, 11) is 3.20. The highest BCUT2D eigenvalue weighted by Gasteiger charge is 2.12. The predicted octanol–water partition coefficient (Wildman–Crippen LogP) is 5.77. The van der Waals surface area contributed by atoms with E-state index in [-0.39, 0.29) is 11.6 Å². The van der Waals surface area contributed by atoms with Crippen molar-refractivity contribution in [2.24, 2.45) is 0 Å². The zero-order valence-electron chi connectivity index (χ0n) is 19.8. The second kappa shape index (κ2) is 11.8. The van der Waals surface area contributed by atoms with Crippen molar-refractivity contribution >= 4 is 28.9 Å². The van der Waals surface area contributed by atoms with E-state index in [2.05, 4.69) is 10.4 Å². The molecular weight excluding hydrogens is 501 g/mol. The van der Waals surface area contributed by atoms with E-state index < -0.39 is 5.56 Å². The Morgan fingerprint density at radius 1 is 0.917 bits per heavy atom. The lowest BCUT2D eigenvalue weighted by molar-refractivity contribution is 0.306. The fourth-order valence-corrected chi connectivity index (χ4v) is 4.10. The summed E-state index contributed by atoms with van der Waals surface area (Å²) in [6.07, 6.45) is 1.54. The molecule has 3 aromatic carbocycles. The van der Waals surface area contributed by atoms with E-state index in [9.17, 15) is 4.79 Å². The van der Waals surface area contributed by atoms with Gasteiger partial charge in [0.15, 0.2) is 11.5 Å². The molecule has 186 valence electrons. The normalized spacial score (nSPS) is 10.7. The van der Waals surface area contributed by atoms with Gasteiger partial charge in [0.2, 0.25) is 0 Å². The van der Waals surface area contributed by atoms with Crippen LogP contribution in [0.4, 0.5) is 5.69 Å². The van der Waals surface area contributed by atoms with Crippen molar-refractivity contribution in [2.45, 2.75) is 6.54 Å². The number of nitrogens with one attached hydrogen (secondary N) is 1. The number of rotatable bonds is 10. The molecule has 9 heteroatoms. The molecule has 0 amide bonds. The zero-order valence-corrected chi connectivity index (χ0v) is 21.3. The first kappa shape index (κ1) is 25.4. The molecule has 0 bridgehead atoms. The van der Waals surface area contributed by atoms with Gasteiger partial charge in [0.05, 0.1) is 32.6 Å². The first-order chi connectivity index (χ1) is 17.5. The monoisotopic (exact) mass is 525 g/mol. The van der Waals surface area contributed by atoms with E-state index in [4.69, 9.17) is 37.4 Å². The SMILES string of the molecule is COc1ccccc1OCCNc1cnn(Cc2ccc(OC)c(-c3cccc(Cl)c3)c2)c(=O)c1Cl. The van der Waals surface area contributed by atoms with E-state index in [0.29, 0.717) is 41.1 Å². The lowest BCUT2D eigenvalue weighted by Crippen LogP contribution is -2.25. The number of aromatic nitrogens is 2. The maximum absolute atomic E-state index is 12.9. The number of ether oxygens (including phenoxy) is 3. The highest BCUT2D eigenvalue weighted by atomic mass is 35.5. The smallest absolute Gasteiger partial charge is 0.287 e. The molecule has 4 rings (SSSR count). The summed E-state index contributed by atoms with van der Waals surface area (Å²) < 4.78 is 17.9. The molecular formula is C27H25Cl2N3O4. The van der Waals surface area contributed by atoms with Crippen LogP contribution in [0.3, 0.4) is 0 Å². The quantitative estimate of drug-likeness (QED) is 0.265. The Balaban J connectivity index is 1.45. The van der Waals surface area contributed by atoms with E-state index in [1.807, 2.05) is 66.7 Å². The molecule has 1 N–H and O–H groups in total. The molecule has 0 aliphatic heterocycles. The average Bonchev–Trinajstić information content (AvgIpc) is 2.90. The molecule has 7 nitrogen and oxygen atoms in total. The molecule has 0 unspecified atom stereocenters. The Kier molecular flexibility index (Phi) is 8.36. The third-order valence-corrected chi connectivity index (χ3v) is 6.06. The number of anilines is 1. The number of hydrogen-bond donors (Lipinski definition) is 1. The van der Waals surface area contributed by atoms with Crippen LogP contribution in [0.2, 0.25) is 10.0 Å². The van der Waals surface area contributed by atoms with E-state index in [1.165, 1.54) is 10.9 Å². The molecule has 0 aliphatic rings. The molecule has 0 aliphatic carbocycles. The van der Waals surface area contributed by atoms with Gasteiger partial charge in [-0.3, -0.25) is 4.79 Å². The van der Waals surface area contributed by atoms with E-state index in [0.717, 1.165) is 16.7 Å². The Bertz CT molecular complexity index is 1410. The van der Waals surface area contributed by atoms with Gasteiger partial charge in [-0.2, -0.15) is 5.10 Å². The van der Waals surface area contributed by atoms with Crippen molar-refractivity contribution in [2.75, 3.05) is 32.7 Å². The van der Waals surface area contributed by atoms with Crippen LogP contribution in [0.15, 0.2) is 77.7 Å². The largest absolute Gasteiger partial charge is 0.496 e. The molecule has 36 heavy (non-hydrogen) atoms. The fraction of sp³-hybridized carbons (Fsp3) is 0.185. The lowest BCUT2D eigenvalue weighted by Gasteiger charge is -2.14. The molecule has 4 aromatic rings. The van der Waals surface area contributed by atoms with Crippen LogP contribution in [0, 0.1) is 0 Å². The first-order valence-electron chi connectivity index (χ1n) is 11.2. The molecule has 0 saturated heterocycles. The predicted molar refractivity (Wildman–Crippen MR) is 143 cm³/mol. The summed E-state index contributed by atoms with van der Waals surface area (Å²) in [6, 6.07) is 20.6. The molecule has 0 spiro atoms. The number of hydrogen-bond acceptors (Lipinski definition) is 6. The van der Waals surface area contributed by atoms with Crippen molar-refractivity contribution in [1.29, 1.82) is 0 Å². The topological polar surface area (TPSA) is 74.6 Å². The third kappa shape index (κ3) is 5.93. The average molecular weight is 526 g/mol. The van der Waals surface area contributed by atoms with Crippen LogP contribution in [-0.4, -0.2) is 37.2 Å². The molecule has 0 saturated carbocycles. The number of para-hydroxylation sites is 2. The van der Waals surface area contributed by atoms with Gasteiger partial charge in [0.25, 0.3) is 5.56 Å². The van der Waals surface area contributed by atoms with Gasteiger partial charge in [0.1, 0.15) is 17.4 Å². The van der Waals surface area contributed by atoms with Crippen LogP contribution in [-0.2, 0) is 6.54 Å². The van der Waals surface area contributed by atoms with Gasteiger partial charge in [-0.1, -0.05) is 53.5 Å². The third-order valence-electron chi connectivity index (χ3n) is 5.46. The highest BCUT2D eigenvalue weighted by molar-refractivity contribution is 6.33. The first-order valence-corrected chi connectivity index (χ1v) is 11.9.